The molecule has 0 saturated heterocycles. The summed E-state index contributed by atoms with van der Waals surface area (Å²) in [5, 5.41) is 18.8. The van der Waals surface area contributed by atoms with Crippen LogP contribution < -0.4 is 0 Å². The molecule has 4 nitrogen and oxygen atoms in total. The number of phenolic OH excluding ortho intramolecular Hbond substituents is 1. The third kappa shape index (κ3) is 3.34. The zero-order valence-corrected chi connectivity index (χ0v) is 11.3. The Kier molecular flexibility index (Phi) is 4.55. The van der Waals surface area contributed by atoms with Gasteiger partial charge in [0.2, 0.25) is 0 Å². The maximum atomic E-state index is 11.9. The van der Waals surface area contributed by atoms with E-state index >= 15 is 0 Å². The van der Waals surface area contributed by atoms with Crippen LogP contribution in [0.3, 0.4) is 0 Å². The van der Waals surface area contributed by atoms with E-state index in [1.807, 2.05) is 0 Å². The van der Waals surface area contributed by atoms with Gasteiger partial charge in [0.05, 0.1) is 11.7 Å². The molecule has 0 radical (unpaired) electrons. The molecule has 1 rings (SSSR count). The summed E-state index contributed by atoms with van der Waals surface area (Å²) in [5.41, 5.74) is 0.259. The molecule has 0 spiro atoms. The van der Waals surface area contributed by atoms with Gasteiger partial charge >= 0.3 is 0 Å². The second-order valence-electron chi connectivity index (χ2n) is 3.70. The molecule has 0 bridgehead atoms. The predicted molar refractivity (Wildman–Crippen MR) is 69.5 cm³/mol. The lowest BCUT2D eigenvalue weighted by molar-refractivity contribution is 0.0700. The SMILES string of the molecule is C[C@@H](O)CN(C)C(=O)c1cc(I)ccc1O. The fourth-order valence-electron chi connectivity index (χ4n) is 1.36. The standard InChI is InChI=1S/C11H14INO3/c1-7(14)6-13(2)11(16)9-5-8(12)3-4-10(9)15/h3-5,7,14-15H,6H2,1-2H3/t7-/m1/s1. The lowest BCUT2D eigenvalue weighted by atomic mass is 10.1. The van der Waals surface area contributed by atoms with E-state index in [1.54, 1.807) is 26.1 Å². The van der Waals surface area contributed by atoms with Gasteiger partial charge in [-0.2, -0.15) is 0 Å². The molecule has 88 valence electrons. The molecule has 1 atom stereocenters. The topological polar surface area (TPSA) is 60.8 Å². The summed E-state index contributed by atoms with van der Waals surface area (Å²) in [6, 6.07) is 4.84. The second kappa shape index (κ2) is 5.49. The summed E-state index contributed by atoms with van der Waals surface area (Å²) in [6.45, 7) is 1.85. The molecule has 1 aromatic rings. The molecule has 0 unspecified atom stereocenters. The Labute approximate surface area is 108 Å². The van der Waals surface area contributed by atoms with E-state index in [2.05, 4.69) is 22.6 Å². The fraction of sp³-hybridized carbons (Fsp3) is 0.364. The van der Waals surface area contributed by atoms with Crippen LogP contribution >= 0.6 is 22.6 Å². The predicted octanol–water partition coefficient (Wildman–Crippen LogP) is 1.45. The number of aliphatic hydroxyl groups excluding tert-OH is 1. The molecule has 0 aliphatic carbocycles. The Morgan fingerprint density at radius 3 is 2.75 bits per heavy atom. The van der Waals surface area contributed by atoms with Crippen LogP contribution in [-0.4, -0.2) is 40.7 Å². The van der Waals surface area contributed by atoms with Gasteiger partial charge in [0.1, 0.15) is 5.75 Å². The number of hydrogen-bond donors (Lipinski definition) is 2. The molecule has 0 fully saturated rings. The van der Waals surface area contributed by atoms with Crippen molar-refractivity contribution in [3.63, 3.8) is 0 Å². The summed E-state index contributed by atoms with van der Waals surface area (Å²) in [5.74, 6) is -0.334. The van der Waals surface area contributed by atoms with Gasteiger partial charge < -0.3 is 15.1 Å². The molecule has 0 aliphatic heterocycles. The largest absolute Gasteiger partial charge is 0.507 e. The molecule has 0 heterocycles. The van der Waals surface area contributed by atoms with Crippen molar-refractivity contribution in [1.29, 1.82) is 0 Å². The van der Waals surface area contributed by atoms with Gasteiger partial charge in [-0.1, -0.05) is 0 Å². The van der Waals surface area contributed by atoms with Crippen molar-refractivity contribution in [2.45, 2.75) is 13.0 Å². The molecule has 0 aromatic heterocycles. The van der Waals surface area contributed by atoms with Crippen LogP contribution in [0.5, 0.6) is 5.75 Å². The summed E-state index contributed by atoms with van der Waals surface area (Å²) >= 11 is 2.07. The number of phenols is 1. The molecule has 0 saturated carbocycles. The number of aliphatic hydroxyl groups is 1. The lowest BCUT2D eigenvalue weighted by Gasteiger charge is -2.19. The Morgan fingerprint density at radius 2 is 2.19 bits per heavy atom. The van der Waals surface area contributed by atoms with Crippen LogP contribution in [0.1, 0.15) is 17.3 Å². The van der Waals surface area contributed by atoms with Gasteiger partial charge in [0, 0.05) is 17.2 Å². The zero-order valence-electron chi connectivity index (χ0n) is 9.14. The van der Waals surface area contributed by atoms with Gasteiger partial charge in [0.25, 0.3) is 5.91 Å². The van der Waals surface area contributed by atoms with Crippen molar-refractivity contribution in [3.05, 3.63) is 27.3 Å². The Balaban J connectivity index is 2.91. The van der Waals surface area contributed by atoms with Crippen LogP contribution in [-0.2, 0) is 0 Å². The van der Waals surface area contributed by atoms with E-state index < -0.39 is 6.10 Å². The highest BCUT2D eigenvalue weighted by atomic mass is 127. The minimum atomic E-state index is -0.584. The van der Waals surface area contributed by atoms with Crippen LogP contribution in [0, 0.1) is 3.57 Å². The van der Waals surface area contributed by atoms with Crippen molar-refractivity contribution in [2.24, 2.45) is 0 Å². The first kappa shape index (κ1) is 13.2. The third-order valence-electron chi connectivity index (χ3n) is 2.07. The summed E-state index contributed by atoms with van der Waals surface area (Å²) in [4.78, 5) is 13.3. The maximum Gasteiger partial charge on any atom is 0.257 e. The Hall–Kier alpha value is -0.820. The third-order valence-corrected chi connectivity index (χ3v) is 2.74. The number of likely N-dealkylation sites (N-methyl/N-ethyl adjacent to an activating group) is 1. The number of carbonyl (C=O) groups excluding carboxylic acids is 1. The number of aromatic hydroxyl groups is 1. The minimum absolute atomic E-state index is 0.0390. The number of carbonyl (C=O) groups is 1. The van der Waals surface area contributed by atoms with Gasteiger partial charge in [-0.25, -0.2) is 0 Å². The second-order valence-corrected chi connectivity index (χ2v) is 4.94. The number of rotatable bonds is 3. The minimum Gasteiger partial charge on any atom is -0.507 e. The summed E-state index contributed by atoms with van der Waals surface area (Å²) < 4.78 is 0.879. The van der Waals surface area contributed by atoms with Crippen molar-refractivity contribution in [3.8, 4) is 5.75 Å². The molecule has 1 aromatic carbocycles. The summed E-state index contributed by atoms with van der Waals surface area (Å²) in [7, 11) is 1.59. The number of nitrogens with zero attached hydrogens (tertiary/aromatic N) is 1. The van der Waals surface area contributed by atoms with E-state index in [9.17, 15) is 15.0 Å². The van der Waals surface area contributed by atoms with E-state index in [1.165, 1.54) is 11.0 Å². The van der Waals surface area contributed by atoms with Crippen LogP contribution in [0.2, 0.25) is 0 Å². The quantitative estimate of drug-likeness (QED) is 0.822. The fourth-order valence-corrected chi connectivity index (χ4v) is 1.86. The van der Waals surface area contributed by atoms with Crippen LogP contribution in [0.15, 0.2) is 18.2 Å². The van der Waals surface area contributed by atoms with Gasteiger partial charge in [0.15, 0.2) is 0 Å². The smallest absolute Gasteiger partial charge is 0.257 e. The lowest BCUT2D eigenvalue weighted by Crippen LogP contribution is -2.33. The molecular formula is C11H14INO3. The Bertz CT molecular complexity index is 393. The number of benzene rings is 1. The van der Waals surface area contributed by atoms with Crippen LogP contribution in [0.4, 0.5) is 0 Å². The maximum absolute atomic E-state index is 11.9. The first-order chi connectivity index (χ1) is 7.41. The van der Waals surface area contributed by atoms with Crippen molar-refractivity contribution in [2.75, 3.05) is 13.6 Å². The molecule has 0 aliphatic rings. The number of halogens is 1. The highest BCUT2D eigenvalue weighted by Gasteiger charge is 2.17. The van der Waals surface area contributed by atoms with E-state index in [4.69, 9.17) is 0 Å². The van der Waals surface area contributed by atoms with E-state index in [0.29, 0.717) is 0 Å². The number of hydrogen-bond acceptors (Lipinski definition) is 3. The monoisotopic (exact) mass is 335 g/mol. The van der Waals surface area contributed by atoms with Crippen molar-refractivity contribution >= 4 is 28.5 Å². The first-order valence-electron chi connectivity index (χ1n) is 4.84. The van der Waals surface area contributed by atoms with E-state index in [0.717, 1.165) is 3.57 Å². The van der Waals surface area contributed by atoms with Crippen molar-refractivity contribution in [1.82, 2.24) is 4.90 Å². The highest BCUT2D eigenvalue weighted by molar-refractivity contribution is 14.1. The molecule has 5 heteroatoms. The Morgan fingerprint density at radius 1 is 1.56 bits per heavy atom. The first-order valence-corrected chi connectivity index (χ1v) is 5.91. The van der Waals surface area contributed by atoms with Gasteiger partial charge in [-0.3, -0.25) is 4.79 Å². The van der Waals surface area contributed by atoms with Crippen molar-refractivity contribution < 1.29 is 15.0 Å². The molecule has 1 amide bonds. The van der Waals surface area contributed by atoms with Crippen LogP contribution in [0.25, 0.3) is 0 Å². The summed E-state index contributed by atoms with van der Waals surface area (Å²) in [6.07, 6.45) is -0.584. The normalized spacial score (nSPS) is 12.2. The highest BCUT2D eigenvalue weighted by Crippen LogP contribution is 2.21. The van der Waals surface area contributed by atoms with Gasteiger partial charge in [-0.15, -0.1) is 0 Å². The molecule has 2 N–H and O–H groups in total. The average Bonchev–Trinajstić information content (AvgIpc) is 2.19. The zero-order chi connectivity index (χ0) is 12.3. The molecule has 16 heavy (non-hydrogen) atoms. The average molecular weight is 335 g/mol. The van der Waals surface area contributed by atoms with Gasteiger partial charge in [-0.05, 0) is 47.7 Å². The molecular weight excluding hydrogens is 321 g/mol. The van der Waals surface area contributed by atoms with E-state index in [-0.39, 0.29) is 23.8 Å². The number of amides is 1.